The van der Waals surface area contributed by atoms with E-state index < -0.39 is 0 Å². The molecule has 2 aromatic carbocycles. The Morgan fingerprint density at radius 2 is 1.89 bits per heavy atom. The highest BCUT2D eigenvalue weighted by atomic mass is 32.2. The molecule has 0 spiro atoms. The molecule has 1 amide bonds. The van der Waals surface area contributed by atoms with Crippen molar-refractivity contribution in [2.45, 2.75) is 36.7 Å². The molecule has 2 unspecified atom stereocenters. The summed E-state index contributed by atoms with van der Waals surface area (Å²) < 4.78 is 1.90. The van der Waals surface area contributed by atoms with E-state index in [1.807, 2.05) is 73.1 Å². The van der Waals surface area contributed by atoms with E-state index in [9.17, 15) is 4.79 Å². The molecule has 6 nitrogen and oxygen atoms in total. The fourth-order valence-electron chi connectivity index (χ4n) is 3.16. The number of nitrogens with one attached hydrogen (secondary N) is 2. The molecule has 0 saturated heterocycles. The fourth-order valence-corrected chi connectivity index (χ4v) is 4.25. The lowest BCUT2D eigenvalue weighted by molar-refractivity contribution is -0.116. The zero-order chi connectivity index (χ0) is 18.8. The van der Waals surface area contributed by atoms with Crippen LogP contribution in [-0.4, -0.2) is 26.0 Å². The van der Waals surface area contributed by atoms with Crippen molar-refractivity contribution in [3.05, 3.63) is 71.5 Å². The van der Waals surface area contributed by atoms with Gasteiger partial charge in [-0.05, 0) is 24.1 Å². The van der Waals surface area contributed by atoms with Gasteiger partial charge in [0.05, 0.1) is 6.04 Å². The Hall–Kier alpha value is -2.80. The molecule has 0 bridgehead atoms. The second kappa shape index (κ2) is 7.44. The van der Waals surface area contributed by atoms with Crippen molar-refractivity contribution in [2.75, 3.05) is 10.7 Å². The van der Waals surface area contributed by atoms with Gasteiger partial charge in [0, 0.05) is 12.1 Å². The second-order valence-electron chi connectivity index (χ2n) is 6.45. The lowest BCUT2D eigenvalue weighted by atomic mass is 10.0. The average Bonchev–Trinajstić information content (AvgIpc) is 3.11. The van der Waals surface area contributed by atoms with Crippen LogP contribution in [0.5, 0.6) is 0 Å². The monoisotopic (exact) mass is 379 g/mol. The molecule has 3 aromatic rings. The van der Waals surface area contributed by atoms with Gasteiger partial charge in [-0.15, -0.1) is 10.2 Å². The lowest BCUT2D eigenvalue weighted by Crippen LogP contribution is -2.41. The molecular weight excluding hydrogens is 358 g/mol. The third-order valence-electron chi connectivity index (χ3n) is 4.64. The number of benzene rings is 2. The molecule has 27 heavy (non-hydrogen) atoms. The minimum Gasteiger partial charge on any atom is -0.325 e. The van der Waals surface area contributed by atoms with E-state index in [0.717, 1.165) is 29.1 Å². The topological polar surface area (TPSA) is 71.8 Å². The number of aryl methyl sites for hydroxylation is 2. The van der Waals surface area contributed by atoms with Gasteiger partial charge in [0.15, 0.2) is 5.82 Å². The fraction of sp³-hybridized carbons (Fsp3) is 0.250. The molecule has 0 aliphatic carbocycles. The SMILES string of the molecule is CCc1nnc2n1NC(c1ccccc1)C(C(=O)Nc1ccccc1C)S2. The van der Waals surface area contributed by atoms with E-state index in [-0.39, 0.29) is 17.2 Å². The van der Waals surface area contributed by atoms with Gasteiger partial charge in [0.25, 0.3) is 0 Å². The summed E-state index contributed by atoms with van der Waals surface area (Å²) in [5.41, 5.74) is 6.37. The maximum atomic E-state index is 13.2. The first kappa shape index (κ1) is 17.6. The van der Waals surface area contributed by atoms with Crippen LogP contribution in [-0.2, 0) is 11.2 Å². The van der Waals surface area contributed by atoms with Crippen LogP contribution in [0.15, 0.2) is 59.8 Å². The molecule has 2 atom stereocenters. The Morgan fingerprint density at radius 1 is 1.15 bits per heavy atom. The Balaban J connectivity index is 1.68. The zero-order valence-corrected chi connectivity index (χ0v) is 16.0. The van der Waals surface area contributed by atoms with Crippen molar-refractivity contribution in [2.24, 2.45) is 0 Å². The predicted octanol–water partition coefficient (Wildman–Crippen LogP) is 3.55. The van der Waals surface area contributed by atoms with Gasteiger partial charge in [0.2, 0.25) is 11.1 Å². The minimum atomic E-state index is -0.367. The molecule has 138 valence electrons. The van der Waals surface area contributed by atoms with Crippen LogP contribution in [0.4, 0.5) is 5.69 Å². The van der Waals surface area contributed by atoms with Crippen LogP contribution in [0.25, 0.3) is 0 Å². The van der Waals surface area contributed by atoms with Crippen LogP contribution >= 0.6 is 11.8 Å². The van der Waals surface area contributed by atoms with Crippen molar-refractivity contribution in [1.82, 2.24) is 14.9 Å². The first-order chi connectivity index (χ1) is 13.2. The van der Waals surface area contributed by atoms with Crippen molar-refractivity contribution < 1.29 is 4.79 Å². The third kappa shape index (κ3) is 3.42. The van der Waals surface area contributed by atoms with Gasteiger partial charge in [-0.1, -0.05) is 67.2 Å². The number of carbonyl (C=O) groups excluding carboxylic acids is 1. The number of anilines is 1. The molecular formula is C20H21N5OS. The summed E-state index contributed by atoms with van der Waals surface area (Å²) in [5, 5.41) is 11.9. The van der Waals surface area contributed by atoms with Gasteiger partial charge in [-0.2, -0.15) is 0 Å². The number of rotatable bonds is 4. The van der Waals surface area contributed by atoms with Crippen LogP contribution in [0.1, 0.15) is 29.9 Å². The number of aromatic nitrogens is 3. The summed E-state index contributed by atoms with van der Waals surface area (Å²) in [6.45, 7) is 4.03. The molecule has 0 fully saturated rings. The number of amides is 1. The Bertz CT molecular complexity index is 956. The second-order valence-corrected chi connectivity index (χ2v) is 7.56. The van der Waals surface area contributed by atoms with Crippen LogP contribution in [0.2, 0.25) is 0 Å². The highest BCUT2D eigenvalue weighted by Gasteiger charge is 2.37. The van der Waals surface area contributed by atoms with Crippen molar-refractivity contribution >= 4 is 23.4 Å². The normalized spacial score (nSPS) is 18.4. The van der Waals surface area contributed by atoms with E-state index in [2.05, 4.69) is 20.9 Å². The average molecular weight is 379 g/mol. The number of nitrogens with zero attached hydrogens (tertiary/aromatic N) is 3. The lowest BCUT2D eigenvalue weighted by Gasteiger charge is -2.33. The Morgan fingerprint density at radius 3 is 2.63 bits per heavy atom. The highest BCUT2D eigenvalue weighted by molar-refractivity contribution is 8.00. The number of para-hydroxylation sites is 1. The largest absolute Gasteiger partial charge is 0.325 e. The zero-order valence-electron chi connectivity index (χ0n) is 15.2. The van der Waals surface area contributed by atoms with Crippen LogP contribution in [0.3, 0.4) is 0 Å². The first-order valence-corrected chi connectivity index (χ1v) is 9.84. The van der Waals surface area contributed by atoms with Gasteiger partial charge in [0.1, 0.15) is 5.25 Å². The number of hydrogen-bond acceptors (Lipinski definition) is 5. The molecule has 1 aliphatic rings. The van der Waals surface area contributed by atoms with E-state index >= 15 is 0 Å². The predicted molar refractivity (Wildman–Crippen MR) is 107 cm³/mol. The van der Waals surface area contributed by atoms with Gasteiger partial charge in [-0.3, -0.25) is 4.79 Å². The molecule has 2 N–H and O–H groups in total. The molecule has 1 aromatic heterocycles. The summed E-state index contributed by atoms with van der Waals surface area (Å²) in [4.78, 5) is 13.2. The van der Waals surface area contributed by atoms with E-state index in [1.54, 1.807) is 0 Å². The Labute approximate surface area is 162 Å². The van der Waals surface area contributed by atoms with E-state index in [1.165, 1.54) is 11.8 Å². The van der Waals surface area contributed by atoms with Crippen molar-refractivity contribution in [3.8, 4) is 0 Å². The molecule has 4 rings (SSSR count). The molecule has 2 heterocycles. The summed E-state index contributed by atoms with van der Waals surface area (Å²) in [6, 6.07) is 17.6. The molecule has 1 aliphatic heterocycles. The standard InChI is InChI=1S/C20H21N5OS/c1-3-16-22-23-20-25(16)24-17(14-10-5-4-6-11-14)18(27-20)19(26)21-15-12-8-7-9-13(15)2/h4-12,17-18,24H,3H2,1-2H3,(H,21,26). The number of hydrogen-bond donors (Lipinski definition) is 2. The first-order valence-electron chi connectivity index (χ1n) is 8.96. The quantitative estimate of drug-likeness (QED) is 0.725. The number of carbonyl (C=O) groups is 1. The van der Waals surface area contributed by atoms with Gasteiger partial charge >= 0.3 is 0 Å². The molecule has 0 saturated carbocycles. The van der Waals surface area contributed by atoms with Gasteiger partial charge in [-0.25, -0.2) is 4.68 Å². The minimum absolute atomic E-state index is 0.0528. The number of thioether (sulfide) groups is 1. The van der Waals surface area contributed by atoms with Gasteiger partial charge < -0.3 is 10.7 Å². The maximum Gasteiger partial charge on any atom is 0.240 e. The van der Waals surface area contributed by atoms with Crippen molar-refractivity contribution in [1.29, 1.82) is 0 Å². The number of fused-ring (bicyclic) bond motifs is 1. The third-order valence-corrected chi connectivity index (χ3v) is 5.86. The summed E-state index contributed by atoms with van der Waals surface area (Å²) in [7, 11) is 0. The summed E-state index contributed by atoms with van der Waals surface area (Å²) in [5.74, 6) is 0.805. The van der Waals surface area contributed by atoms with E-state index in [0.29, 0.717) is 5.16 Å². The molecule has 7 heteroatoms. The van der Waals surface area contributed by atoms with Crippen LogP contribution in [0, 0.1) is 6.92 Å². The Kier molecular flexibility index (Phi) is 4.85. The summed E-state index contributed by atoms with van der Waals surface area (Å²) >= 11 is 1.44. The van der Waals surface area contributed by atoms with Crippen molar-refractivity contribution in [3.63, 3.8) is 0 Å². The highest BCUT2D eigenvalue weighted by Crippen LogP contribution is 2.37. The smallest absolute Gasteiger partial charge is 0.240 e. The molecule has 0 radical (unpaired) electrons. The summed E-state index contributed by atoms with van der Waals surface area (Å²) in [6.07, 6.45) is 0.766. The van der Waals surface area contributed by atoms with Crippen LogP contribution < -0.4 is 10.7 Å². The maximum absolute atomic E-state index is 13.2. The van der Waals surface area contributed by atoms with E-state index in [4.69, 9.17) is 0 Å².